The molecule has 2 aromatic rings. The standard InChI is InChI=1S/C12H15BrN4/c1-2-9-7-10(13)3-4-12(9)17-8-11(5-6-14)15-16-17/h3-4,7-8H,2,5-6,14H2,1H3. The maximum Gasteiger partial charge on any atom is 0.0844 e. The van der Waals surface area contributed by atoms with Crippen LogP contribution in [0.1, 0.15) is 18.2 Å². The lowest BCUT2D eigenvalue weighted by molar-refractivity contribution is 0.786. The highest BCUT2D eigenvalue weighted by Crippen LogP contribution is 2.20. The van der Waals surface area contributed by atoms with Gasteiger partial charge in [-0.25, -0.2) is 4.68 Å². The Hall–Kier alpha value is -1.20. The number of halogens is 1. The van der Waals surface area contributed by atoms with Gasteiger partial charge in [0.15, 0.2) is 0 Å². The minimum Gasteiger partial charge on any atom is -0.330 e. The van der Waals surface area contributed by atoms with Gasteiger partial charge in [0, 0.05) is 10.9 Å². The van der Waals surface area contributed by atoms with Crippen LogP contribution < -0.4 is 5.73 Å². The fraction of sp³-hybridized carbons (Fsp3) is 0.333. The minimum absolute atomic E-state index is 0.597. The van der Waals surface area contributed by atoms with Crippen molar-refractivity contribution < 1.29 is 0 Å². The molecule has 17 heavy (non-hydrogen) atoms. The van der Waals surface area contributed by atoms with Crippen molar-refractivity contribution in [3.8, 4) is 5.69 Å². The van der Waals surface area contributed by atoms with Crippen LogP contribution in [0.15, 0.2) is 28.9 Å². The maximum atomic E-state index is 5.50. The molecule has 0 unspecified atom stereocenters. The normalized spacial score (nSPS) is 10.8. The Morgan fingerprint density at radius 3 is 2.94 bits per heavy atom. The molecule has 2 rings (SSSR count). The highest BCUT2D eigenvalue weighted by Gasteiger charge is 2.06. The lowest BCUT2D eigenvalue weighted by Crippen LogP contribution is -2.02. The van der Waals surface area contributed by atoms with Crippen LogP contribution in [0.2, 0.25) is 0 Å². The molecule has 2 N–H and O–H groups in total. The molecule has 90 valence electrons. The number of hydrogen-bond donors (Lipinski definition) is 1. The van der Waals surface area contributed by atoms with Crippen molar-refractivity contribution in [3.63, 3.8) is 0 Å². The summed E-state index contributed by atoms with van der Waals surface area (Å²) in [5.74, 6) is 0. The molecule has 1 heterocycles. The van der Waals surface area contributed by atoms with Gasteiger partial charge in [0.1, 0.15) is 0 Å². The third-order valence-electron chi connectivity index (χ3n) is 2.61. The summed E-state index contributed by atoms with van der Waals surface area (Å²) in [5.41, 5.74) is 8.74. The van der Waals surface area contributed by atoms with Crippen molar-refractivity contribution >= 4 is 15.9 Å². The first kappa shape index (κ1) is 12.3. The zero-order valence-corrected chi connectivity index (χ0v) is 11.3. The van der Waals surface area contributed by atoms with E-state index in [9.17, 15) is 0 Å². The molecule has 0 saturated heterocycles. The predicted octanol–water partition coefficient (Wildman–Crippen LogP) is 2.09. The molecule has 1 aromatic carbocycles. The molecule has 0 spiro atoms. The van der Waals surface area contributed by atoms with E-state index in [1.807, 2.05) is 23.0 Å². The molecular formula is C12H15BrN4. The molecule has 0 bridgehead atoms. The summed E-state index contributed by atoms with van der Waals surface area (Å²) in [6, 6.07) is 6.17. The molecule has 0 aliphatic rings. The average molecular weight is 295 g/mol. The third kappa shape index (κ3) is 2.73. The summed E-state index contributed by atoms with van der Waals surface area (Å²) in [6.07, 6.45) is 3.66. The van der Waals surface area contributed by atoms with Crippen LogP contribution in [-0.4, -0.2) is 21.5 Å². The smallest absolute Gasteiger partial charge is 0.0844 e. The maximum absolute atomic E-state index is 5.50. The van der Waals surface area contributed by atoms with Crippen molar-refractivity contribution in [3.05, 3.63) is 40.1 Å². The molecule has 5 heteroatoms. The number of aromatic nitrogens is 3. The van der Waals surface area contributed by atoms with Crippen LogP contribution in [0.4, 0.5) is 0 Å². The summed E-state index contributed by atoms with van der Waals surface area (Å²) in [7, 11) is 0. The Morgan fingerprint density at radius 1 is 1.41 bits per heavy atom. The summed E-state index contributed by atoms with van der Waals surface area (Å²) >= 11 is 3.48. The molecule has 0 aliphatic carbocycles. The molecule has 0 radical (unpaired) electrons. The van der Waals surface area contributed by atoms with Gasteiger partial charge in [-0.1, -0.05) is 28.1 Å². The minimum atomic E-state index is 0.597. The summed E-state index contributed by atoms with van der Waals surface area (Å²) in [6.45, 7) is 2.72. The van der Waals surface area contributed by atoms with Gasteiger partial charge in [0.25, 0.3) is 0 Å². The largest absolute Gasteiger partial charge is 0.330 e. The van der Waals surface area contributed by atoms with E-state index in [0.717, 1.165) is 28.7 Å². The Morgan fingerprint density at radius 2 is 2.24 bits per heavy atom. The lowest BCUT2D eigenvalue weighted by Gasteiger charge is -2.07. The fourth-order valence-corrected chi connectivity index (χ4v) is 2.15. The van der Waals surface area contributed by atoms with Gasteiger partial charge in [-0.3, -0.25) is 0 Å². The first-order valence-electron chi connectivity index (χ1n) is 5.64. The van der Waals surface area contributed by atoms with E-state index >= 15 is 0 Å². The van der Waals surface area contributed by atoms with E-state index in [4.69, 9.17) is 5.73 Å². The van der Waals surface area contributed by atoms with Gasteiger partial charge in [-0.05, 0) is 36.7 Å². The Bertz CT molecular complexity index is 507. The Balaban J connectivity index is 2.37. The average Bonchev–Trinajstić information content (AvgIpc) is 2.78. The van der Waals surface area contributed by atoms with Gasteiger partial charge >= 0.3 is 0 Å². The second-order valence-electron chi connectivity index (χ2n) is 3.82. The van der Waals surface area contributed by atoms with E-state index in [1.54, 1.807) is 0 Å². The molecule has 4 nitrogen and oxygen atoms in total. The zero-order valence-electron chi connectivity index (χ0n) is 9.73. The summed E-state index contributed by atoms with van der Waals surface area (Å²) in [5, 5.41) is 8.24. The molecule has 0 aliphatic heterocycles. The highest BCUT2D eigenvalue weighted by molar-refractivity contribution is 9.10. The number of hydrogen-bond acceptors (Lipinski definition) is 3. The topological polar surface area (TPSA) is 56.7 Å². The van der Waals surface area contributed by atoms with Crippen LogP contribution in [0, 0.1) is 0 Å². The lowest BCUT2D eigenvalue weighted by atomic mass is 10.1. The molecule has 1 aromatic heterocycles. The second kappa shape index (κ2) is 5.42. The first-order chi connectivity index (χ1) is 8.24. The van der Waals surface area contributed by atoms with Crippen molar-refractivity contribution in [2.75, 3.05) is 6.54 Å². The van der Waals surface area contributed by atoms with Crippen LogP contribution in [-0.2, 0) is 12.8 Å². The zero-order chi connectivity index (χ0) is 12.3. The predicted molar refractivity (Wildman–Crippen MR) is 71.2 cm³/mol. The molecule has 0 atom stereocenters. The first-order valence-corrected chi connectivity index (χ1v) is 6.44. The summed E-state index contributed by atoms with van der Waals surface area (Å²) < 4.78 is 2.90. The molecule has 0 amide bonds. The van der Waals surface area contributed by atoms with Crippen LogP contribution in [0.3, 0.4) is 0 Å². The number of benzene rings is 1. The van der Waals surface area contributed by atoms with Crippen LogP contribution in [0.25, 0.3) is 5.69 Å². The second-order valence-corrected chi connectivity index (χ2v) is 4.74. The Labute approximate surface area is 109 Å². The number of rotatable bonds is 4. The van der Waals surface area contributed by atoms with E-state index in [0.29, 0.717) is 6.54 Å². The van der Waals surface area contributed by atoms with Crippen LogP contribution in [0.5, 0.6) is 0 Å². The number of nitrogens with zero attached hydrogens (tertiary/aromatic N) is 3. The number of nitrogens with two attached hydrogens (primary N) is 1. The van der Waals surface area contributed by atoms with Gasteiger partial charge in [0.2, 0.25) is 0 Å². The fourth-order valence-electron chi connectivity index (χ4n) is 1.74. The number of aryl methyl sites for hydroxylation is 1. The molecule has 0 saturated carbocycles. The third-order valence-corrected chi connectivity index (χ3v) is 3.10. The van der Waals surface area contributed by atoms with Gasteiger partial charge < -0.3 is 5.73 Å². The van der Waals surface area contributed by atoms with E-state index in [-0.39, 0.29) is 0 Å². The van der Waals surface area contributed by atoms with Crippen molar-refractivity contribution in [1.29, 1.82) is 0 Å². The van der Waals surface area contributed by atoms with Crippen LogP contribution >= 0.6 is 15.9 Å². The van der Waals surface area contributed by atoms with Gasteiger partial charge in [-0.2, -0.15) is 0 Å². The monoisotopic (exact) mass is 294 g/mol. The summed E-state index contributed by atoms with van der Waals surface area (Å²) in [4.78, 5) is 0. The van der Waals surface area contributed by atoms with E-state index in [2.05, 4.69) is 39.2 Å². The molecular weight excluding hydrogens is 280 g/mol. The van der Waals surface area contributed by atoms with Crippen molar-refractivity contribution in [2.45, 2.75) is 19.8 Å². The van der Waals surface area contributed by atoms with Gasteiger partial charge in [0.05, 0.1) is 17.6 Å². The SMILES string of the molecule is CCc1cc(Br)ccc1-n1cc(CCN)nn1. The molecule has 0 fully saturated rings. The van der Waals surface area contributed by atoms with Crippen molar-refractivity contribution in [2.24, 2.45) is 5.73 Å². The van der Waals surface area contributed by atoms with Crippen molar-refractivity contribution in [1.82, 2.24) is 15.0 Å². The highest BCUT2D eigenvalue weighted by atomic mass is 79.9. The van der Waals surface area contributed by atoms with Gasteiger partial charge in [-0.15, -0.1) is 5.10 Å². The quantitative estimate of drug-likeness (QED) is 0.939. The van der Waals surface area contributed by atoms with E-state index < -0.39 is 0 Å². The van der Waals surface area contributed by atoms with E-state index in [1.165, 1.54) is 5.56 Å². The Kier molecular flexibility index (Phi) is 3.91.